The van der Waals surface area contributed by atoms with E-state index in [4.69, 9.17) is 23.7 Å². The van der Waals surface area contributed by atoms with Gasteiger partial charge < -0.3 is 39.2 Å². The number of aliphatic hydroxyl groups is 2. The van der Waals surface area contributed by atoms with Crippen molar-refractivity contribution in [2.45, 2.75) is 129 Å². The third kappa shape index (κ3) is 7.34. The second kappa shape index (κ2) is 16.1. The number of nitrogens with zero attached hydrogens (tertiary/aromatic N) is 1. The lowest BCUT2D eigenvalue weighted by atomic mass is 9.49. The molecule has 6 rings (SSSR count). The number of fused-ring (bicyclic) bond motifs is 4. The fourth-order valence-corrected chi connectivity index (χ4v) is 11.1. The van der Waals surface area contributed by atoms with Crippen LogP contribution in [0.2, 0.25) is 0 Å². The largest absolute Gasteiger partial charge is 0.511 e. The lowest BCUT2D eigenvalue weighted by Gasteiger charge is -2.55. The average molecular weight is 825 g/mol. The molecule has 0 aromatic carbocycles. The Morgan fingerprint density at radius 2 is 1.78 bits per heavy atom. The first-order valence-corrected chi connectivity index (χ1v) is 20.2. The van der Waals surface area contributed by atoms with Crippen LogP contribution in [0.15, 0.2) is 58.4 Å². The predicted octanol–water partition coefficient (Wildman–Crippen LogP) is 4.78. The molecule has 6 aliphatic rings. The van der Waals surface area contributed by atoms with Crippen LogP contribution in [0, 0.1) is 51.0 Å². The lowest BCUT2D eigenvalue weighted by Crippen LogP contribution is -2.65. The van der Waals surface area contributed by atoms with Crippen molar-refractivity contribution in [3.05, 3.63) is 68.5 Å². The molecule has 15 atom stereocenters. The Bertz CT molecular complexity index is 1950. The zero-order valence-electron chi connectivity index (χ0n) is 35.0. The molecule has 3 fully saturated rings. The topological polar surface area (TPSA) is 227 Å². The summed E-state index contributed by atoms with van der Waals surface area (Å²) in [7, 11) is 1.15. The molecule has 1 amide bonds. The Morgan fingerprint density at radius 1 is 1.08 bits per heavy atom. The molecule has 16 heteroatoms. The molecule has 1 spiro atoms. The van der Waals surface area contributed by atoms with Crippen LogP contribution in [-0.2, 0) is 42.9 Å². The van der Waals surface area contributed by atoms with E-state index in [1.807, 2.05) is 39.0 Å². The van der Waals surface area contributed by atoms with Crippen molar-refractivity contribution < 1.29 is 62.8 Å². The van der Waals surface area contributed by atoms with Gasteiger partial charge in [0.05, 0.1) is 37.8 Å². The van der Waals surface area contributed by atoms with Crippen molar-refractivity contribution in [3.63, 3.8) is 0 Å². The van der Waals surface area contributed by atoms with E-state index >= 15 is 4.79 Å². The molecule has 3 N–H and O–H groups in total. The number of methoxy groups -OCH3 is 1. The van der Waals surface area contributed by atoms with Gasteiger partial charge >= 0.3 is 18.0 Å². The molecule has 1 unspecified atom stereocenters. The van der Waals surface area contributed by atoms with Gasteiger partial charge in [-0.3, -0.25) is 24.5 Å². The Morgan fingerprint density at radius 3 is 2.41 bits per heavy atom. The molecule has 2 bridgehead atoms. The average Bonchev–Trinajstić information content (AvgIpc) is 3.41. The minimum Gasteiger partial charge on any atom is -0.511 e. The number of rotatable bonds is 6. The fourth-order valence-electron chi connectivity index (χ4n) is 11.1. The highest BCUT2D eigenvalue weighted by molar-refractivity contribution is 6.26. The van der Waals surface area contributed by atoms with Crippen molar-refractivity contribution in [3.8, 4) is 0 Å². The van der Waals surface area contributed by atoms with E-state index in [0.29, 0.717) is 18.3 Å². The summed E-state index contributed by atoms with van der Waals surface area (Å²) in [5.74, 6) is -6.03. The number of carbonyl (C=O) groups is 5. The van der Waals surface area contributed by atoms with E-state index in [1.54, 1.807) is 26.8 Å². The van der Waals surface area contributed by atoms with Crippen molar-refractivity contribution in [1.29, 1.82) is 0 Å². The van der Waals surface area contributed by atoms with E-state index in [-0.39, 0.29) is 36.7 Å². The van der Waals surface area contributed by atoms with Crippen LogP contribution < -0.4 is 5.32 Å². The minimum absolute atomic E-state index is 0.0385. The maximum Gasteiger partial charge on any atom is 0.407 e. The molecule has 2 heterocycles. The second-order valence-electron chi connectivity index (χ2n) is 17.8. The van der Waals surface area contributed by atoms with E-state index in [0.717, 1.165) is 19.6 Å². The van der Waals surface area contributed by atoms with Gasteiger partial charge in [0.25, 0.3) is 0 Å². The third-order valence-electron chi connectivity index (χ3n) is 14.0. The number of alkyl carbamates (subject to hydrolysis) is 1. The molecule has 2 aliphatic heterocycles. The molecule has 4 aliphatic carbocycles. The lowest BCUT2D eigenvalue weighted by molar-refractivity contribution is -0.584. The second-order valence-corrected chi connectivity index (χ2v) is 17.8. The van der Waals surface area contributed by atoms with Gasteiger partial charge in [0, 0.05) is 42.4 Å². The number of aliphatic hydroxyl groups excluding tert-OH is 2. The molecule has 0 aromatic rings. The molecular weight excluding hydrogens is 768 g/mol. The number of nitro groups is 1. The first kappa shape index (κ1) is 43.9. The maximum absolute atomic E-state index is 15.1. The molecular formula is C43H56N2O14. The summed E-state index contributed by atoms with van der Waals surface area (Å²) in [4.78, 5) is 78.7. The van der Waals surface area contributed by atoms with Crippen LogP contribution in [0.1, 0.15) is 81.1 Å². The number of ketones is 1. The van der Waals surface area contributed by atoms with Crippen LogP contribution in [0.3, 0.4) is 0 Å². The molecule has 1 saturated carbocycles. The number of ether oxygens (including phenoxy) is 5. The van der Waals surface area contributed by atoms with Gasteiger partial charge in [0.15, 0.2) is 11.9 Å². The predicted molar refractivity (Wildman–Crippen MR) is 209 cm³/mol. The quantitative estimate of drug-likeness (QED) is 0.0624. The van der Waals surface area contributed by atoms with Gasteiger partial charge in [0.1, 0.15) is 29.8 Å². The number of esters is 2. The number of nitrogens with one attached hydrogen (secondary N) is 1. The highest BCUT2D eigenvalue weighted by atomic mass is 16.7. The van der Waals surface area contributed by atoms with Crippen LogP contribution in [0.25, 0.3) is 0 Å². The first-order chi connectivity index (χ1) is 27.6. The number of hydrogen-bond acceptors (Lipinski definition) is 14. The number of amides is 1. The van der Waals surface area contributed by atoms with Crippen LogP contribution in [0.4, 0.5) is 4.79 Å². The van der Waals surface area contributed by atoms with E-state index in [1.165, 1.54) is 13.0 Å². The number of hydrogen-bond donors (Lipinski definition) is 3. The van der Waals surface area contributed by atoms with Crippen LogP contribution >= 0.6 is 0 Å². The summed E-state index contributed by atoms with van der Waals surface area (Å²) >= 11 is 0. The maximum atomic E-state index is 15.1. The number of aldehydes is 1. The van der Waals surface area contributed by atoms with Crippen molar-refractivity contribution in [2.24, 2.45) is 40.9 Å². The van der Waals surface area contributed by atoms with Gasteiger partial charge in [-0.05, 0) is 68.6 Å². The van der Waals surface area contributed by atoms with Gasteiger partial charge in [-0.25, -0.2) is 9.59 Å². The number of carbonyl (C=O) groups excluding carboxylic acids is 5. The smallest absolute Gasteiger partial charge is 0.407 e. The molecule has 16 nitrogen and oxygen atoms in total. The SMILES string of the molecule is COC(=O)N[C@H]1[C@@H](C)O[C@@H](O[C@H]2C/C=C(\C)[C@@H]3C=C[C@@H]4[C@@H](O)[C@@H](C)C[C@H](C)[C@H]4[C@]3(C)C(O)=C3C(=O)OC4(CC(C=O)=C[C@H](OC(C)=O)[C@H]4/C=C/2C)C3=O)C[C@]1(C)[N+](=O)[O-]. The third-order valence-corrected chi connectivity index (χ3v) is 14.0. The van der Waals surface area contributed by atoms with Gasteiger partial charge in [-0.15, -0.1) is 0 Å². The summed E-state index contributed by atoms with van der Waals surface area (Å²) in [6, 6.07) is -1.09. The van der Waals surface area contributed by atoms with Gasteiger partial charge in [0.2, 0.25) is 11.3 Å². The molecule has 59 heavy (non-hydrogen) atoms. The van der Waals surface area contributed by atoms with E-state index in [2.05, 4.69) is 5.32 Å². The fraction of sp³-hybridized carbons (Fsp3) is 0.651. The Kier molecular flexibility index (Phi) is 12.0. The molecule has 0 radical (unpaired) electrons. The van der Waals surface area contributed by atoms with E-state index < -0.39 is 117 Å². The summed E-state index contributed by atoms with van der Waals surface area (Å²) in [5.41, 5.74) is -4.55. The van der Waals surface area contributed by atoms with Crippen molar-refractivity contribution in [2.75, 3.05) is 7.11 Å². The van der Waals surface area contributed by atoms with Crippen LogP contribution in [-0.4, -0.2) is 100 Å². The summed E-state index contributed by atoms with van der Waals surface area (Å²) in [6.07, 6.45) is 3.42. The zero-order chi connectivity index (χ0) is 43.5. The van der Waals surface area contributed by atoms with Gasteiger partial charge in [-0.2, -0.15) is 0 Å². The number of allylic oxidation sites excluding steroid dienone is 3. The Hall–Kier alpha value is -4.67. The highest BCUT2D eigenvalue weighted by Gasteiger charge is 2.65. The minimum atomic E-state index is -2.14. The summed E-state index contributed by atoms with van der Waals surface area (Å²) in [5, 5.41) is 39.3. The summed E-state index contributed by atoms with van der Waals surface area (Å²) in [6.45, 7) is 13.5. The first-order valence-electron chi connectivity index (χ1n) is 20.2. The standard InChI is InChI=1S/C43H56N2O14/c1-20-10-13-30(58-32-18-41(7,45(53)54)36(24(5)56-32)44-40(52)55-9)21(2)15-29-31(57-25(6)47)16-26(19-46)17-43(29)38(50)33(39(51)59-43)37(49)42(8)28(20)12-11-27-34(42)22(3)14-23(4)35(27)48/h10-12,15-16,19,22-24,27-32,34-36,48-49H,13-14,17-18H2,1-9H3,(H,44,52)/b20-10+,21-15+,37-33?/t22-,23-,24+,27-,28-,29+,30-,31-,32-,34+,35-,36-,41-,42+,43?/m0/s1. The summed E-state index contributed by atoms with van der Waals surface area (Å²) < 4.78 is 29.3. The highest BCUT2D eigenvalue weighted by Crippen LogP contribution is 2.60. The van der Waals surface area contributed by atoms with Crippen LogP contribution in [0.5, 0.6) is 0 Å². The Balaban J connectivity index is 1.54. The monoisotopic (exact) mass is 824 g/mol. The van der Waals surface area contributed by atoms with Gasteiger partial charge in [-0.1, -0.05) is 50.6 Å². The normalized spacial score (nSPS) is 43.9. The Labute approximate surface area is 343 Å². The van der Waals surface area contributed by atoms with E-state index in [9.17, 15) is 39.5 Å². The molecule has 322 valence electrons. The molecule has 2 saturated heterocycles. The molecule has 0 aromatic heterocycles. The number of Topliss-reactive ketones (excluding diaryl/α,β-unsaturated/α-hetero) is 1. The van der Waals surface area contributed by atoms with Crippen molar-refractivity contribution >= 4 is 30.1 Å². The van der Waals surface area contributed by atoms with Crippen molar-refractivity contribution in [1.82, 2.24) is 5.32 Å². The zero-order valence-corrected chi connectivity index (χ0v) is 35.0.